The van der Waals surface area contributed by atoms with Gasteiger partial charge < -0.3 is 10.3 Å². The summed E-state index contributed by atoms with van der Waals surface area (Å²) in [5.74, 6) is 1.46. The van der Waals surface area contributed by atoms with E-state index in [0.717, 1.165) is 18.7 Å². The van der Waals surface area contributed by atoms with Gasteiger partial charge in [-0.1, -0.05) is 35.5 Å². The minimum atomic E-state index is -0.0267. The lowest BCUT2D eigenvalue weighted by atomic mass is 9.96. The van der Waals surface area contributed by atoms with Crippen LogP contribution in [0.5, 0.6) is 0 Å². The molecule has 1 saturated carbocycles. The molecule has 4 heteroatoms. The third-order valence-corrected chi connectivity index (χ3v) is 3.32. The van der Waals surface area contributed by atoms with Crippen molar-refractivity contribution in [2.45, 2.75) is 24.7 Å². The quantitative estimate of drug-likeness (QED) is 0.865. The summed E-state index contributed by atoms with van der Waals surface area (Å²) in [6.45, 7) is 0.553. The fourth-order valence-corrected chi connectivity index (χ4v) is 2.19. The van der Waals surface area contributed by atoms with Crippen LogP contribution in [0.4, 0.5) is 0 Å². The summed E-state index contributed by atoms with van der Waals surface area (Å²) >= 11 is 0. The Balaban J connectivity index is 1.92. The first kappa shape index (κ1) is 10.5. The van der Waals surface area contributed by atoms with E-state index in [2.05, 4.69) is 22.3 Å². The maximum absolute atomic E-state index is 5.48. The largest absolute Gasteiger partial charge is 0.338 e. The Morgan fingerprint density at radius 1 is 1.24 bits per heavy atom. The van der Waals surface area contributed by atoms with Crippen molar-refractivity contribution in [1.82, 2.24) is 10.1 Å². The topological polar surface area (TPSA) is 64.9 Å². The average molecular weight is 229 g/mol. The number of hydrogen-bond acceptors (Lipinski definition) is 4. The van der Waals surface area contributed by atoms with E-state index in [1.165, 1.54) is 5.56 Å². The first-order valence-corrected chi connectivity index (χ1v) is 5.94. The molecule has 0 unspecified atom stereocenters. The number of aromatic nitrogens is 2. The van der Waals surface area contributed by atoms with Gasteiger partial charge in [-0.15, -0.1) is 0 Å². The van der Waals surface area contributed by atoms with Gasteiger partial charge in [0.15, 0.2) is 5.82 Å². The van der Waals surface area contributed by atoms with Crippen LogP contribution in [0.25, 0.3) is 0 Å². The van der Waals surface area contributed by atoms with Gasteiger partial charge in [0.25, 0.3) is 0 Å². The highest BCUT2D eigenvalue weighted by molar-refractivity contribution is 5.37. The minimum absolute atomic E-state index is 0.0267. The molecule has 0 atom stereocenters. The van der Waals surface area contributed by atoms with Crippen LogP contribution >= 0.6 is 0 Å². The Bertz CT molecular complexity index is 502. The fraction of sp³-hybridized carbons (Fsp3) is 0.385. The molecule has 1 aromatic carbocycles. The summed E-state index contributed by atoms with van der Waals surface area (Å²) in [5, 5.41) is 3.97. The van der Waals surface area contributed by atoms with E-state index >= 15 is 0 Å². The predicted molar refractivity (Wildman–Crippen MR) is 63.5 cm³/mol. The SMILES string of the molecule is NCCc1noc(C2(c3ccccc3)CC2)n1. The molecule has 17 heavy (non-hydrogen) atoms. The molecule has 1 aliphatic carbocycles. The zero-order valence-corrected chi connectivity index (χ0v) is 9.60. The molecule has 0 aliphatic heterocycles. The Kier molecular flexibility index (Phi) is 2.44. The Hall–Kier alpha value is -1.68. The molecular weight excluding hydrogens is 214 g/mol. The van der Waals surface area contributed by atoms with Gasteiger partial charge in [-0.05, 0) is 24.9 Å². The van der Waals surface area contributed by atoms with Crippen molar-refractivity contribution in [3.8, 4) is 0 Å². The van der Waals surface area contributed by atoms with Crippen LogP contribution in [0.1, 0.15) is 30.1 Å². The molecule has 0 amide bonds. The van der Waals surface area contributed by atoms with E-state index in [-0.39, 0.29) is 5.41 Å². The second kappa shape index (κ2) is 3.96. The highest BCUT2D eigenvalue weighted by Crippen LogP contribution is 2.52. The second-order valence-electron chi connectivity index (χ2n) is 4.50. The van der Waals surface area contributed by atoms with Crippen LogP contribution in [-0.4, -0.2) is 16.7 Å². The first-order valence-electron chi connectivity index (χ1n) is 5.94. The van der Waals surface area contributed by atoms with Gasteiger partial charge >= 0.3 is 0 Å². The van der Waals surface area contributed by atoms with Crippen molar-refractivity contribution in [1.29, 1.82) is 0 Å². The molecule has 1 heterocycles. The summed E-state index contributed by atoms with van der Waals surface area (Å²) in [5.41, 5.74) is 6.72. The lowest BCUT2D eigenvalue weighted by Crippen LogP contribution is -2.09. The maximum atomic E-state index is 5.48. The second-order valence-corrected chi connectivity index (χ2v) is 4.50. The van der Waals surface area contributed by atoms with Gasteiger partial charge in [0.05, 0.1) is 5.41 Å². The number of nitrogens with two attached hydrogens (primary N) is 1. The predicted octanol–water partition coefficient (Wildman–Crippen LogP) is 1.65. The zero-order valence-electron chi connectivity index (χ0n) is 9.60. The number of rotatable bonds is 4. The van der Waals surface area contributed by atoms with Gasteiger partial charge in [-0.3, -0.25) is 0 Å². The van der Waals surface area contributed by atoms with Crippen molar-refractivity contribution in [3.05, 3.63) is 47.6 Å². The van der Waals surface area contributed by atoms with Gasteiger partial charge in [0.2, 0.25) is 5.89 Å². The molecule has 1 fully saturated rings. The number of hydrogen-bond donors (Lipinski definition) is 1. The molecule has 1 aliphatic rings. The standard InChI is InChI=1S/C13H15N3O/c14-9-6-11-15-12(17-16-11)13(7-8-13)10-4-2-1-3-5-10/h1-5H,6-9,14H2. The van der Waals surface area contributed by atoms with Crippen molar-refractivity contribution in [2.75, 3.05) is 6.54 Å². The van der Waals surface area contributed by atoms with Crippen LogP contribution in [0.2, 0.25) is 0 Å². The Labute approximate surface area is 99.8 Å². The third-order valence-electron chi connectivity index (χ3n) is 3.32. The van der Waals surface area contributed by atoms with Crippen LogP contribution < -0.4 is 5.73 Å². The summed E-state index contributed by atoms with van der Waals surface area (Å²) in [7, 11) is 0. The summed E-state index contributed by atoms with van der Waals surface area (Å²) in [6.07, 6.45) is 2.84. The van der Waals surface area contributed by atoms with E-state index in [0.29, 0.717) is 18.8 Å². The van der Waals surface area contributed by atoms with Crippen molar-refractivity contribution in [2.24, 2.45) is 5.73 Å². The lowest BCUT2D eigenvalue weighted by Gasteiger charge is -2.09. The monoisotopic (exact) mass is 229 g/mol. The first-order chi connectivity index (χ1) is 8.35. The molecule has 1 aromatic heterocycles. The normalized spacial score (nSPS) is 17.0. The molecule has 0 saturated heterocycles. The van der Waals surface area contributed by atoms with E-state index in [9.17, 15) is 0 Å². The van der Waals surface area contributed by atoms with Crippen LogP contribution in [-0.2, 0) is 11.8 Å². The van der Waals surface area contributed by atoms with E-state index < -0.39 is 0 Å². The molecule has 0 radical (unpaired) electrons. The molecule has 3 rings (SSSR count). The van der Waals surface area contributed by atoms with Crippen LogP contribution in [0, 0.1) is 0 Å². The van der Waals surface area contributed by atoms with Gasteiger partial charge in [-0.2, -0.15) is 4.98 Å². The molecule has 4 nitrogen and oxygen atoms in total. The Morgan fingerprint density at radius 2 is 2.00 bits per heavy atom. The molecule has 0 bridgehead atoms. The summed E-state index contributed by atoms with van der Waals surface area (Å²) in [4.78, 5) is 4.45. The van der Waals surface area contributed by atoms with Gasteiger partial charge in [0, 0.05) is 6.42 Å². The summed E-state index contributed by atoms with van der Waals surface area (Å²) < 4.78 is 5.38. The molecule has 2 aromatic rings. The van der Waals surface area contributed by atoms with Gasteiger partial charge in [0.1, 0.15) is 0 Å². The average Bonchev–Trinajstić information content (AvgIpc) is 3.06. The minimum Gasteiger partial charge on any atom is -0.338 e. The Morgan fingerprint density at radius 3 is 2.65 bits per heavy atom. The molecule has 88 valence electrons. The maximum Gasteiger partial charge on any atom is 0.237 e. The van der Waals surface area contributed by atoms with E-state index in [4.69, 9.17) is 10.3 Å². The third kappa shape index (κ3) is 1.74. The molecule has 0 spiro atoms. The fourth-order valence-electron chi connectivity index (χ4n) is 2.19. The van der Waals surface area contributed by atoms with Gasteiger partial charge in [-0.25, -0.2) is 0 Å². The van der Waals surface area contributed by atoms with Crippen molar-refractivity contribution in [3.63, 3.8) is 0 Å². The van der Waals surface area contributed by atoms with Crippen molar-refractivity contribution < 1.29 is 4.52 Å². The van der Waals surface area contributed by atoms with E-state index in [1.54, 1.807) is 0 Å². The van der Waals surface area contributed by atoms with Crippen LogP contribution in [0.15, 0.2) is 34.9 Å². The highest BCUT2D eigenvalue weighted by Gasteiger charge is 2.50. The highest BCUT2D eigenvalue weighted by atomic mass is 16.5. The zero-order chi connectivity index (χ0) is 11.7. The van der Waals surface area contributed by atoms with Crippen LogP contribution in [0.3, 0.4) is 0 Å². The van der Waals surface area contributed by atoms with Crippen molar-refractivity contribution >= 4 is 0 Å². The number of nitrogens with zero attached hydrogens (tertiary/aromatic N) is 2. The van der Waals surface area contributed by atoms with E-state index in [1.807, 2.05) is 18.2 Å². The molecule has 2 N–H and O–H groups in total. The lowest BCUT2D eigenvalue weighted by molar-refractivity contribution is 0.355. The molecular formula is C13H15N3O. The smallest absolute Gasteiger partial charge is 0.237 e. The number of benzene rings is 1. The summed E-state index contributed by atoms with van der Waals surface area (Å²) in [6, 6.07) is 10.4.